The standard InChI is InChI=1S/C16H20ClN3O2S/c1-10(11-7-13(17)23-9-11)19-12-5-6-14(18-8-12)20-15(21)22-16(2,3)4/h5-10,19H,1-4H3,(H,18,20,21). The van der Waals surface area contributed by atoms with Gasteiger partial charge in [-0.1, -0.05) is 11.6 Å². The number of amides is 1. The number of thiophene rings is 1. The lowest BCUT2D eigenvalue weighted by atomic mass is 10.2. The van der Waals surface area contributed by atoms with Crippen LogP contribution in [0.3, 0.4) is 0 Å². The molecule has 0 spiro atoms. The summed E-state index contributed by atoms with van der Waals surface area (Å²) in [5.74, 6) is 0.441. The molecule has 1 amide bonds. The number of nitrogens with one attached hydrogen (secondary N) is 2. The number of aromatic nitrogens is 1. The van der Waals surface area contributed by atoms with E-state index in [2.05, 4.69) is 15.6 Å². The van der Waals surface area contributed by atoms with Crippen molar-refractivity contribution < 1.29 is 9.53 Å². The molecule has 0 fully saturated rings. The van der Waals surface area contributed by atoms with Gasteiger partial charge in [-0.05, 0) is 56.8 Å². The van der Waals surface area contributed by atoms with E-state index in [1.165, 1.54) is 11.3 Å². The van der Waals surface area contributed by atoms with Gasteiger partial charge in [0, 0.05) is 6.04 Å². The molecule has 0 bridgehead atoms. The highest BCUT2D eigenvalue weighted by atomic mass is 35.5. The summed E-state index contributed by atoms with van der Waals surface area (Å²) in [4.78, 5) is 15.9. The second-order valence-corrected chi connectivity index (χ2v) is 7.65. The monoisotopic (exact) mass is 353 g/mol. The molecule has 5 nitrogen and oxygen atoms in total. The number of hydrogen-bond acceptors (Lipinski definition) is 5. The SMILES string of the molecule is CC(Nc1ccc(NC(=O)OC(C)(C)C)nc1)c1csc(Cl)c1. The zero-order valence-electron chi connectivity index (χ0n) is 13.5. The third-order valence-corrected chi connectivity index (χ3v) is 3.97. The zero-order chi connectivity index (χ0) is 17.0. The fourth-order valence-corrected chi connectivity index (χ4v) is 2.83. The van der Waals surface area contributed by atoms with Crippen molar-refractivity contribution in [1.82, 2.24) is 4.98 Å². The Labute approximate surface area is 145 Å². The lowest BCUT2D eigenvalue weighted by Gasteiger charge is -2.19. The molecule has 0 aromatic carbocycles. The number of pyridine rings is 1. The van der Waals surface area contributed by atoms with Crippen molar-refractivity contribution in [1.29, 1.82) is 0 Å². The number of anilines is 2. The van der Waals surface area contributed by atoms with Crippen LogP contribution < -0.4 is 10.6 Å². The summed E-state index contributed by atoms with van der Waals surface area (Å²) >= 11 is 7.45. The Balaban J connectivity index is 1.93. The first kappa shape index (κ1) is 17.6. The molecule has 0 saturated carbocycles. The average molecular weight is 354 g/mol. The van der Waals surface area contributed by atoms with Gasteiger partial charge >= 0.3 is 6.09 Å². The van der Waals surface area contributed by atoms with Gasteiger partial charge < -0.3 is 10.1 Å². The number of carbonyl (C=O) groups is 1. The van der Waals surface area contributed by atoms with Gasteiger partial charge in [-0.2, -0.15) is 0 Å². The van der Waals surface area contributed by atoms with Crippen molar-refractivity contribution in [3.05, 3.63) is 39.7 Å². The van der Waals surface area contributed by atoms with Crippen LogP contribution in [0.4, 0.5) is 16.3 Å². The molecule has 1 unspecified atom stereocenters. The van der Waals surface area contributed by atoms with Crippen LogP contribution in [-0.4, -0.2) is 16.7 Å². The van der Waals surface area contributed by atoms with Crippen molar-refractivity contribution >= 4 is 40.5 Å². The van der Waals surface area contributed by atoms with Gasteiger partial charge in [-0.3, -0.25) is 5.32 Å². The van der Waals surface area contributed by atoms with E-state index in [0.29, 0.717) is 5.82 Å². The third-order valence-electron chi connectivity index (χ3n) is 2.86. The molecule has 0 radical (unpaired) electrons. The molecular weight excluding hydrogens is 334 g/mol. The molecule has 2 heterocycles. The van der Waals surface area contributed by atoms with Crippen LogP contribution in [0.25, 0.3) is 0 Å². The van der Waals surface area contributed by atoms with E-state index in [4.69, 9.17) is 16.3 Å². The Morgan fingerprint density at radius 2 is 2.13 bits per heavy atom. The number of hydrogen-bond donors (Lipinski definition) is 2. The number of carbonyl (C=O) groups excluding carboxylic acids is 1. The molecule has 0 aliphatic heterocycles. The minimum atomic E-state index is -0.539. The van der Waals surface area contributed by atoms with Crippen LogP contribution in [0.15, 0.2) is 29.8 Å². The maximum absolute atomic E-state index is 11.7. The summed E-state index contributed by atoms with van der Waals surface area (Å²) in [6, 6.07) is 5.63. The smallest absolute Gasteiger partial charge is 0.413 e. The van der Waals surface area contributed by atoms with Gasteiger partial charge in [0.1, 0.15) is 11.4 Å². The van der Waals surface area contributed by atoms with Crippen molar-refractivity contribution in [2.75, 3.05) is 10.6 Å². The molecule has 7 heteroatoms. The van der Waals surface area contributed by atoms with Gasteiger partial charge in [0.25, 0.3) is 0 Å². The van der Waals surface area contributed by atoms with E-state index >= 15 is 0 Å². The molecule has 23 heavy (non-hydrogen) atoms. The minimum absolute atomic E-state index is 0.116. The normalized spacial score (nSPS) is 12.6. The molecule has 0 aliphatic rings. The van der Waals surface area contributed by atoms with Crippen LogP contribution in [-0.2, 0) is 4.74 Å². The van der Waals surface area contributed by atoms with Gasteiger partial charge in [0.05, 0.1) is 16.2 Å². The molecule has 2 aromatic rings. The molecular formula is C16H20ClN3O2S. The van der Waals surface area contributed by atoms with Gasteiger partial charge in [-0.25, -0.2) is 9.78 Å². The molecule has 0 saturated heterocycles. The highest BCUT2D eigenvalue weighted by Gasteiger charge is 2.16. The zero-order valence-corrected chi connectivity index (χ0v) is 15.1. The lowest BCUT2D eigenvalue weighted by Crippen LogP contribution is -2.27. The van der Waals surface area contributed by atoms with Crippen molar-refractivity contribution in [2.24, 2.45) is 0 Å². The molecule has 0 aliphatic carbocycles. The second-order valence-electron chi connectivity index (χ2n) is 6.11. The summed E-state index contributed by atoms with van der Waals surface area (Å²) < 4.78 is 5.95. The van der Waals surface area contributed by atoms with E-state index < -0.39 is 11.7 Å². The Bertz CT molecular complexity index is 665. The van der Waals surface area contributed by atoms with E-state index in [0.717, 1.165) is 15.6 Å². The van der Waals surface area contributed by atoms with E-state index in [1.807, 2.05) is 45.2 Å². The first-order valence-electron chi connectivity index (χ1n) is 7.19. The van der Waals surface area contributed by atoms with E-state index in [-0.39, 0.29) is 6.04 Å². The van der Waals surface area contributed by atoms with Gasteiger partial charge in [0.2, 0.25) is 0 Å². The predicted octanol–water partition coefficient (Wildman–Crippen LogP) is 5.32. The average Bonchev–Trinajstić information content (AvgIpc) is 2.85. The fraction of sp³-hybridized carbons (Fsp3) is 0.375. The molecule has 2 rings (SSSR count). The largest absolute Gasteiger partial charge is 0.444 e. The molecule has 2 N–H and O–H groups in total. The maximum atomic E-state index is 11.7. The number of rotatable bonds is 4. The van der Waals surface area contributed by atoms with Crippen LogP contribution >= 0.6 is 22.9 Å². The quantitative estimate of drug-likeness (QED) is 0.781. The fourth-order valence-electron chi connectivity index (χ4n) is 1.85. The summed E-state index contributed by atoms with van der Waals surface area (Å²) in [5, 5.41) is 7.95. The Hall–Kier alpha value is -1.79. The predicted molar refractivity (Wildman–Crippen MR) is 95.5 cm³/mol. The van der Waals surface area contributed by atoms with Gasteiger partial charge in [0.15, 0.2) is 0 Å². The van der Waals surface area contributed by atoms with Crippen molar-refractivity contribution in [2.45, 2.75) is 39.3 Å². The first-order chi connectivity index (χ1) is 10.7. The van der Waals surface area contributed by atoms with E-state index in [1.54, 1.807) is 12.3 Å². The number of nitrogens with zero attached hydrogens (tertiary/aromatic N) is 1. The van der Waals surface area contributed by atoms with Crippen molar-refractivity contribution in [3.8, 4) is 0 Å². The van der Waals surface area contributed by atoms with Crippen LogP contribution in [0.1, 0.15) is 39.3 Å². The Kier molecular flexibility index (Phi) is 5.49. The topological polar surface area (TPSA) is 63.2 Å². The van der Waals surface area contributed by atoms with Gasteiger partial charge in [-0.15, -0.1) is 11.3 Å². The van der Waals surface area contributed by atoms with E-state index in [9.17, 15) is 4.79 Å². The molecule has 1 atom stereocenters. The second kappa shape index (κ2) is 7.19. The summed E-state index contributed by atoms with van der Waals surface area (Å²) in [5.41, 5.74) is 1.44. The highest BCUT2D eigenvalue weighted by Crippen LogP contribution is 2.27. The summed E-state index contributed by atoms with van der Waals surface area (Å²) in [7, 11) is 0. The summed E-state index contributed by atoms with van der Waals surface area (Å²) in [6.45, 7) is 7.48. The van der Waals surface area contributed by atoms with Crippen LogP contribution in [0, 0.1) is 0 Å². The van der Waals surface area contributed by atoms with Crippen LogP contribution in [0.2, 0.25) is 4.34 Å². The summed E-state index contributed by atoms with van der Waals surface area (Å²) in [6.07, 6.45) is 1.14. The molecule has 2 aromatic heterocycles. The maximum Gasteiger partial charge on any atom is 0.413 e. The molecule has 124 valence electrons. The number of halogens is 1. The minimum Gasteiger partial charge on any atom is -0.444 e. The van der Waals surface area contributed by atoms with Crippen molar-refractivity contribution in [3.63, 3.8) is 0 Å². The third kappa shape index (κ3) is 5.73. The Morgan fingerprint density at radius 3 is 2.65 bits per heavy atom. The lowest BCUT2D eigenvalue weighted by molar-refractivity contribution is 0.0635. The Morgan fingerprint density at radius 1 is 1.39 bits per heavy atom. The van der Waals surface area contributed by atoms with Crippen LogP contribution in [0.5, 0.6) is 0 Å². The highest BCUT2D eigenvalue weighted by molar-refractivity contribution is 7.14. The number of ether oxygens (including phenoxy) is 1. The first-order valence-corrected chi connectivity index (χ1v) is 8.45.